The summed E-state index contributed by atoms with van der Waals surface area (Å²) in [5.41, 5.74) is 1.76. The fraction of sp³-hybridized carbons (Fsp3) is 0.222. The van der Waals surface area contributed by atoms with Gasteiger partial charge in [0.25, 0.3) is 0 Å². The van der Waals surface area contributed by atoms with Crippen molar-refractivity contribution >= 4 is 17.4 Å². The van der Waals surface area contributed by atoms with Crippen LogP contribution in [0.25, 0.3) is 11.4 Å². The Morgan fingerprint density at radius 3 is 2.75 bits per heavy atom. The van der Waals surface area contributed by atoms with Gasteiger partial charge >= 0.3 is 0 Å². The lowest BCUT2D eigenvalue weighted by molar-refractivity contribution is -0.118. The minimum Gasteiger partial charge on any atom is -0.314 e. The van der Waals surface area contributed by atoms with Crippen LogP contribution in [0.2, 0.25) is 5.02 Å². The van der Waals surface area contributed by atoms with Crippen molar-refractivity contribution in [2.24, 2.45) is 7.05 Å². The third-order valence-electron chi connectivity index (χ3n) is 3.86. The average Bonchev–Trinajstić information content (AvgIpc) is 2.97. The minimum atomic E-state index is 0.133. The fourth-order valence-electron chi connectivity index (χ4n) is 2.52. The number of hydrogen-bond donors (Lipinski definition) is 0. The SMILES string of the molecule is Cn1c(CCC(=O)Cc2ccccc2Cl)nnc1-c1cccnc1. The molecule has 0 aliphatic heterocycles. The van der Waals surface area contributed by atoms with Gasteiger partial charge in [0.1, 0.15) is 11.6 Å². The van der Waals surface area contributed by atoms with Crippen LogP contribution in [-0.4, -0.2) is 25.5 Å². The molecule has 0 spiro atoms. The number of benzene rings is 1. The largest absolute Gasteiger partial charge is 0.314 e. The second kappa shape index (κ2) is 7.36. The van der Waals surface area contributed by atoms with Gasteiger partial charge in [0.15, 0.2) is 5.82 Å². The van der Waals surface area contributed by atoms with E-state index in [0.717, 1.165) is 22.8 Å². The van der Waals surface area contributed by atoms with Gasteiger partial charge in [-0.15, -0.1) is 10.2 Å². The number of aromatic nitrogens is 4. The van der Waals surface area contributed by atoms with Crippen LogP contribution in [0.3, 0.4) is 0 Å². The van der Waals surface area contributed by atoms with Crippen LogP contribution in [0.4, 0.5) is 0 Å². The Morgan fingerprint density at radius 1 is 1.17 bits per heavy atom. The van der Waals surface area contributed by atoms with Gasteiger partial charge in [0.05, 0.1) is 0 Å². The molecule has 3 rings (SSSR count). The number of nitrogens with zero attached hydrogens (tertiary/aromatic N) is 4. The number of pyridine rings is 1. The van der Waals surface area contributed by atoms with E-state index in [1.165, 1.54) is 0 Å². The predicted octanol–water partition coefficient (Wildman–Crippen LogP) is 3.27. The Balaban J connectivity index is 1.64. The quantitative estimate of drug-likeness (QED) is 0.691. The zero-order chi connectivity index (χ0) is 16.9. The first-order valence-electron chi connectivity index (χ1n) is 7.69. The van der Waals surface area contributed by atoms with Crippen molar-refractivity contribution in [3.8, 4) is 11.4 Å². The molecule has 2 aromatic heterocycles. The molecule has 2 heterocycles. The first-order valence-corrected chi connectivity index (χ1v) is 8.06. The molecule has 0 saturated carbocycles. The topological polar surface area (TPSA) is 60.7 Å². The monoisotopic (exact) mass is 340 g/mol. The molecule has 3 aromatic rings. The van der Waals surface area contributed by atoms with Gasteiger partial charge in [-0.05, 0) is 23.8 Å². The van der Waals surface area contributed by atoms with E-state index in [1.54, 1.807) is 18.5 Å². The number of ketones is 1. The minimum absolute atomic E-state index is 0.133. The molecule has 0 bridgehead atoms. The maximum absolute atomic E-state index is 12.2. The molecule has 6 heteroatoms. The molecular formula is C18H17ClN4O. The molecule has 0 aliphatic carbocycles. The number of halogens is 1. The number of carbonyl (C=O) groups excluding carboxylic acids is 1. The second-order valence-corrected chi connectivity index (χ2v) is 5.95. The van der Waals surface area contributed by atoms with E-state index in [0.29, 0.717) is 24.3 Å². The van der Waals surface area contributed by atoms with Crippen molar-refractivity contribution in [1.82, 2.24) is 19.7 Å². The fourth-order valence-corrected chi connectivity index (χ4v) is 2.72. The van der Waals surface area contributed by atoms with E-state index in [4.69, 9.17) is 11.6 Å². The Hall–Kier alpha value is -2.53. The molecular weight excluding hydrogens is 324 g/mol. The van der Waals surface area contributed by atoms with Crippen LogP contribution in [0.1, 0.15) is 17.8 Å². The summed E-state index contributed by atoms with van der Waals surface area (Å²) >= 11 is 6.10. The van der Waals surface area contributed by atoms with Crippen molar-refractivity contribution < 1.29 is 4.79 Å². The highest BCUT2D eigenvalue weighted by Crippen LogP contribution is 2.18. The lowest BCUT2D eigenvalue weighted by Gasteiger charge is -2.05. The number of rotatable bonds is 6. The molecule has 0 aliphatic rings. The lowest BCUT2D eigenvalue weighted by atomic mass is 10.1. The van der Waals surface area contributed by atoms with Crippen molar-refractivity contribution in [2.75, 3.05) is 0 Å². The van der Waals surface area contributed by atoms with Gasteiger partial charge in [0.2, 0.25) is 0 Å². The maximum Gasteiger partial charge on any atom is 0.165 e. The second-order valence-electron chi connectivity index (χ2n) is 5.55. The molecule has 0 fully saturated rings. The first-order chi connectivity index (χ1) is 11.6. The molecule has 0 amide bonds. The number of carbonyl (C=O) groups is 1. The smallest absolute Gasteiger partial charge is 0.165 e. The lowest BCUT2D eigenvalue weighted by Crippen LogP contribution is -2.07. The molecule has 0 saturated heterocycles. The average molecular weight is 341 g/mol. The van der Waals surface area contributed by atoms with Crippen molar-refractivity contribution in [1.29, 1.82) is 0 Å². The van der Waals surface area contributed by atoms with Gasteiger partial charge in [-0.3, -0.25) is 9.78 Å². The Morgan fingerprint density at radius 2 is 2.00 bits per heavy atom. The van der Waals surface area contributed by atoms with Crippen molar-refractivity contribution in [3.05, 3.63) is 65.2 Å². The molecule has 0 unspecified atom stereocenters. The third-order valence-corrected chi connectivity index (χ3v) is 4.23. The first kappa shape index (κ1) is 16.3. The summed E-state index contributed by atoms with van der Waals surface area (Å²) in [5, 5.41) is 9.03. The van der Waals surface area contributed by atoms with Gasteiger partial charge < -0.3 is 4.57 Å². The van der Waals surface area contributed by atoms with Crippen molar-refractivity contribution in [2.45, 2.75) is 19.3 Å². The van der Waals surface area contributed by atoms with Crippen molar-refractivity contribution in [3.63, 3.8) is 0 Å². The van der Waals surface area contributed by atoms with Crippen LogP contribution in [0.5, 0.6) is 0 Å². The van der Waals surface area contributed by atoms with E-state index in [9.17, 15) is 4.79 Å². The van der Waals surface area contributed by atoms with Crippen LogP contribution < -0.4 is 0 Å². The molecule has 24 heavy (non-hydrogen) atoms. The van der Waals surface area contributed by atoms with Crippen LogP contribution >= 0.6 is 11.6 Å². The summed E-state index contributed by atoms with van der Waals surface area (Å²) in [6.45, 7) is 0. The Bertz CT molecular complexity index is 845. The van der Waals surface area contributed by atoms with E-state index >= 15 is 0 Å². The number of aryl methyl sites for hydroxylation is 1. The number of Topliss-reactive ketones (excluding diaryl/α,β-unsaturated/α-hetero) is 1. The molecule has 0 radical (unpaired) electrons. The van der Waals surface area contributed by atoms with E-state index in [2.05, 4.69) is 15.2 Å². The van der Waals surface area contributed by atoms with Crippen LogP contribution in [0, 0.1) is 0 Å². The van der Waals surface area contributed by atoms with E-state index in [1.807, 2.05) is 41.9 Å². The number of hydrogen-bond acceptors (Lipinski definition) is 4. The Labute approximate surface area is 145 Å². The molecule has 122 valence electrons. The predicted molar refractivity (Wildman–Crippen MR) is 92.7 cm³/mol. The zero-order valence-corrected chi connectivity index (χ0v) is 14.1. The highest BCUT2D eigenvalue weighted by molar-refractivity contribution is 6.31. The highest BCUT2D eigenvalue weighted by Gasteiger charge is 2.13. The molecule has 0 atom stereocenters. The van der Waals surface area contributed by atoms with Gasteiger partial charge in [-0.25, -0.2) is 0 Å². The van der Waals surface area contributed by atoms with E-state index < -0.39 is 0 Å². The zero-order valence-electron chi connectivity index (χ0n) is 13.3. The molecule has 0 N–H and O–H groups in total. The molecule has 5 nitrogen and oxygen atoms in total. The summed E-state index contributed by atoms with van der Waals surface area (Å²) in [4.78, 5) is 16.3. The van der Waals surface area contributed by atoms with Crippen LogP contribution in [-0.2, 0) is 24.7 Å². The summed E-state index contributed by atoms with van der Waals surface area (Å²) in [7, 11) is 1.90. The standard InChI is InChI=1S/C18H17ClN4O/c1-23-17(21-22-18(23)14-6-4-10-20-12-14)9-8-15(24)11-13-5-2-3-7-16(13)19/h2-7,10,12H,8-9,11H2,1H3. The van der Waals surface area contributed by atoms with Crippen LogP contribution in [0.15, 0.2) is 48.8 Å². The summed E-state index contributed by atoms with van der Waals surface area (Å²) < 4.78 is 1.90. The normalized spacial score (nSPS) is 10.8. The van der Waals surface area contributed by atoms with Gasteiger partial charge in [-0.2, -0.15) is 0 Å². The maximum atomic E-state index is 12.2. The third kappa shape index (κ3) is 3.68. The summed E-state index contributed by atoms with van der Waals surface area (Å²) in [5.74, 6) is 1.66. The summed E-state index contributed by atoms with van der Waals surface area (Å²) in [6.07, 6.45) is 4.76. The Kier molecular flexibility index (Phi) is 5.01. The van der Waals surface area contributed by atoms with E-state index in [-0.39, 0.29) is 5.78 Å². The van der Waals surface area contributed by atoms with Gasteiger partial charge in [-0.1, -0.05) is 29.8 Å². The summed E-state index contributed by atoms with van der Waals surface area (Å²) in [6, 6.07) is 11.2. The van der Waals surface area contributed by atoms with Gasteiger partial charge in [0, 0.05) is 49.3 Å². The highest BCUT2D eigenvalue weighted by atomic mass is 35.5. The molecule has 1 aromatic carbocycles.